The van der Waals surface area contributed by atoms with Gasteiger partial charge in [0.25, 0.3) is 5.91 Å². The number of ether oxygens (including phenoxy) is 1. The van der Waals surface area contributed by atoms with Crippen LogP contribution in [0.1, 0.15) is 30.0 Å². The number of carbonyl (C=O) groups excluding carboxylic acids is 2. The van der Waals surface area contributed by atoms with Crippen molar-refractivity contribution in [2.45, 2.75) is 24.1 Å². The number of carbonyl (C=O) groups is 2. The maximum Gasteiger partial charge on any atom is 0.262 e. The van der Waals surface area contributed by atoms with Crippen molar-refractivity contribution < 1.29 is 18.7 Å². The number of amides is 2. The van der Waals surface area contributed by atoms with Crippen LogP contribution in [0.4, 0.5) is 10.1 Å². The molecular weight excluding hydrogens is 515 g/mol. The lowest BCUT2D eigenvalue weighted by molar-refractivity contribution is -0.121. The van der Waals surface area contributed by atoms with Crippen molar-refractivity contribution in [3.63, 3.8) is 0 Å². The van der Waals surface area contributed by atoms with E-state index in [-0.39, 0.29) is 18.2 Å². The van der Waals surface area contributed by atoms with Crippen molar-refractivity contribution in [2.75, 3.05) is 12.4 Å². The fourth-order valence-electron chi connectivity index (χ4n) is 4.13. The van der Waals surface area contributed by atoms with Crippen LogP contribution < -0.4 is 10.1 Å². The Bertz CT molecular complexity index is 1400. The highest BCUT2D eigenvalue weighted by Crippen LogP contribution is 2.39. The van der Waals surface area contributed by atoms with Crippen LogP contribution in [-0.4, -0.2) is 40.1 Å². The van der Waals surface area contributed by atoms with Crippen LogP contribution in [0, 0.1) is 5.82 Å². The van der Waals surface area contributed by atoms with Crippen molar-refractivity contribution >= 4 is 51.7 Å². The number of nitrogens with one attached hydrogen (secondary N) is 1. The molecule has 2 amide bonds. The first kappa shape index (κ1) is 25.0. The maximum atomic E-state index is 13.9. The van der Waals surface area contributed by atoms with E-state index in [9.17, 15) is 14.0 Å². The second-order valence-electron chi connectivity index (χ2n) is 8.46. The molecule has 0 fully saturated rings. The topological polar surface area (TPSA) is 83.4 Å². The third-order valence-electron chi connectivity index (χ3n) is 6.03. The van der Waals surface area contributed by atoms with Crippen molar-refractivity contribution in [3.05, 3.63) is 94.8 Å². The van der Waals surface area contributed by atoms with E-state index in [4.69, 9.17) is 21.4 Å². The smallest absolute Gasteiger partial charge is 0.262 e. The number of thioether (sulfide) groups is 1. The average Bonchev–Trinajstić information content (AvgIpc) is 3.50. The maximum absolute atomic E-state index is 13.9. The summed E-state index contributed by atoms with van der Waals surface area (Å²) >= 11 is 7.28. The van der Waals surface area contributed by atoms with Crippen LogP contribution in [0.15, 0.2) is 82.9 Å². The van der Waals surface area contributed by atoms with Crippen LogP contribution in [0.2, 0.25) is 5.02 Å². The second kappa shape index (κ2) is 10.7. The molecule has 3 aromatic rings. The zero-order chi connectivity index (χ0) is 25.9. The van der Waals surface area contributed by atoms with Crippen molar-refractivity contribution in [1.82, 2.24) is 5.01 Å². The molecule has 2 atom stereocenters. The lowest BCUT2D eigenvalue weighted by Gasteiger charge is -2.23. The minimum Gasteiger partial charge on any atom is -0.497 e. The first-order valence-electron chi connectivity index (χ1n) is 11.5. The van der Waals surface area contributed by atoms with E-state index in [1.54, 1.807) is 18.2 Å². The summed E-state index contributed by atoms with van der Waals surface area (Å²) in [5, 5.41) is 9.39. The summed E-state index contributed by atoms with van der Waals surface area (Å²) in [6, 6.07) is 20.8. The van der Waals surface area contributed by atoms with Gasteiger partial charge in [-0.25, -0.2) is 9.40 Å². The molecule has 7 nitrogen and oxygen atoms in total. The van der Waals surface area contributed by atoms with E-state index in [1.165, 1.54) is 30.0 Å². The van der Waals surface area contributed by atoms with E-state index in [2.05, 4.69) is 10.3 Å². The van der Waals surface area contributed by atoms with Gasteiger partial charge >= 0.3 is 0 Å². The zero-order valence-corrected chi connectivity index (χ0v) is 21.3. The van der Waals surface area contributed by atoms with E-state index in [1.807, 2.05) is 48.5 Å². The Morgan fingerprint density at radius 1 is 1.14 bits per heavy atom. The largest absolute Gasteiger partial charge is 0.497 e. The highest BCUT2D eigenvalue weighted by Gasteiger charge is 2.39. The molecule has 0 unspecified atom stereocenters. The lowest BCUT2D eigenvalue weighted by Crippen LogP contribution is -2.25. The van der Waals surface area contributed by atoms with Gasteiger partial charge < -0.3 is 10.1 Å². The molecule has 1 N–H and O–H groups in total. The molecule has 0 radical (unpaired) electrons. The molecule has 3 aromatic carbocycles. The standard InChI is InChI=1S/C27H22ClFN4O3S/c1-36-19-12-8-16(9-13-19)22-14-23(17-6-10-18(28)11-7-17)33(32-22)27-31-26(35)24(37-27)15-25(34)30-21-5-3-2-4-20(21)29/h2-13,23-24H,14-15H2,1H3,(H,30,34)/t23-,24-/m0/s1. The first-order valence-corrected chi connectivity index (χ1v) is 12.8. The normalized spacial score (nSPS) is 19.0. The minimum atomic E-state index is -0.729. The molecule has 0 saturated heterocycles. The molecule has 2 heterocycles. The Balaban J connectivity index is 1.36. The number of nitrogens with zero attached hydrogens (tertiary/aromatic N) is 3. The number of methoxy groups -OCH3 is 1. The SMILES string of the molecule is COc1ccc(C2=NN(C3=NC(=O)[C@H](CC(=O)Nc4ccccc4F)S3)[C@H](c3ccc(Cl)cc3)C2)cc1. The average molecular weight is 537 g/mol. The highest BCUT2D eigenvalue weighted by atomic mass is 35.5. The van der Waals surface area contributed by atoms with Crippen LogP contribution in [0.3, 0.4) is 0 Å². The molecule has 10 heteroatoms. The number of hydrogen-bond acceptors (Lipinski definition) is 6. The summed E-state index contributed by atoms with van der Waals surface area (Å²) in [5.74, 6) is -0.690. The van der Waals surface area contributed by atoms with E-state index in [0.717, 1.165) is 22.6 Å². The molecule has 0 aliphatic carbocycles. The summed E-state index contributed by atoms with van der Waals surface area (Å²) in [4.78, 5) is 29.5. The Morgan fingerprint density at radius 2 is 1.86 bits per heavy atom. The summed E-state index contributed by atoms with van der Waals surface area (Å²) < 4.78 is 19.2. The van der Waals surface area contributed by atoms with Crippen LogP contribution in [0.25, 0.3) is 0 Å². The van der Waals surface area contributed by atoms with E-state index in [0.29, 0.717) is 16.6 Å². The lowest BCUT2D eigenvalue weighted by atomic mass is 9.98. The van der Waals surface area contributed by atoms with Gasteiger partial charge in [-0.1, -0.05) is 47.6 Å². The van der Waals surface area contributed by atoms with Gasteiger partial charge in [-0.2, -0.15) is 10.1 Å². The molecule has 0 saturated carbocycles. The summed E-state index contributed by atoms with van der Waals surface area (Å²) in [6.07, 6.45) is 0.444. The summed E-state index contributed by atoms with van der Waals surface area (Å²) in [6.45, 7) is 0. The Morgan fingerprint density at radius 3 is 2.57 bits per heavy atom. The zero-order valence-electron chi connectivity index (χ0n) is 19.7. The Kier molecular flexibility index (Phi) is 7.25. The number of rotatable bonds is 6. The third-order valence-corrected chi connectivity index (χ3v) is 7.43. The predicted octanol–water partition coefficient (Wildman–Crippen LogP) is 5.67. The van der Waals surface area contributed by atoms with Gasteiger partial charge in [0.15, 0.2) is 5.17 Å². The monoisotopic (exact) mass is 536 g/mol. The number of anilines is 1. The van der Waals surface area contributed by atoms with E-state index >= 15 is 0 Å². The Labute approximate surface area is 222 Å². The molecule has 0 bridgehead atoms. The minimum absolute atomic E-state index is 0.0696. The van der Waals surface area contributed by atoms with Crippen LogP contribution in [-0.2, 0) is 9.59 Å². The molecule has 37 heavy (non-hydrogen) atoms. The van der Waals surface area contributed by atoms with Gasteiger partial charge in [-0.3, -0.25) is 9.59 Å². The quantitative estimate of drug-likeness (QED) is 0.439. The molecule has 0 aromatic heterocycles. The number of hydrazone groups is 1. The van der Waals surface area contributed by atoms with Gasteiger partial charge in [0.05, 0.1) is 24.6 Å². The molecule has 188 valence electrons. The fraction of sp³-hybridized carbons (Fsp3) is 0.185. The van der Waals surface area contributed by atoms with Crippen molar-refractivity contribution in [1.29, 1.82) is 0 Å². The first-order chi connectivity index (χ1) is 17.9. The molecule has 2 aliphatic rings. The highest BCUT2D eigenvalue weighted by molar-refractivity contribution is 8.15. The Hall–Kier alpha value is -3.69. The van der Waals surface area contributed by atoms with Crippen molar-refractivity contribution in [2.24, 2.45) is 10.1 Å². The van der Waals surface area contributed by atoms with E-state index < -0.39 is 22.9 Å². The number of aliphatic imine (C=N–C) groups is 1. The number of halogens is 2. The molecule has 0 spiro atoms. The number of hydrogen-bond donors (Lipinski definition) is 1. The summed E-state index contributed by atoms with van der Waals surface area (Å²) in [5.41, 5.74) is 2.80. The third kappa shape index (κ3) is 5.52. The molecule has 2 aliphatic heterocycles. The van der Waals surface area contributed by atoms with Gasteiger partial charge in [0, 0.05) is 17.9 Å². The molecule has 5 rings (SSSR count). The predicted molar refractivity (Wildman–Crippen MR) is 144 cm³/mol. The number of benzene rings is 3. The number of amidine groups is 1. The number of para-hydroxylation sites is 1. The fourth-order valence-corrected chi connectivity index (χ4v) is 5.31. The second-order valence-corrected chi connectivity index (χ2v) is 10.1. The van der Waals surface area contributed by atoms with Gasteiger partial charge in [-0.15, -0.1) is 0 Å². The van der Waals surface area contributed by atoms with Crippen LogP contribution >= 0.6 is 23.4 Å². The summed E-state index contributed by atoms with van der Waals surface area (Å²) in [7, 11) is 1.61. The van der Waals surface area contributed by atoms with Crippen LogP contribution in [0.5, 0.6) is 5.75 Å². The van der Waals surface area contributed by atoms with Gasteiger partial charge in [-0.05, 0) is 59.7 Å². The van der Waals surface area contributed by atoms with Crippen molar-refractivity contribution in [3.8, 4) is 5.75 Å². The molecular formula is C27H22ClFN4O3S. The van der Waals surface area contributed by atoms with Gasteiger partial charge in [0.1, 0.15) is 16.8 Å². The van der Waals surface area contributed by atoms with Gasteiger partial charge in [0.2, 0.25) is 5.91 Å².